The van der Waals surface area contributed by atoms with Crippen LogP contribution in [0.15, 0.2) is 33.9 Å². The van der Waals surface area contributed by atoms with Crippen LogP contribution in [0.2, 0.25) is 0 Å². The highest BCUT2D eigenvalue weighted by atomic mass is 16.5. The summed E-state index contributed by atoms with van der Waals surface area (Å²) in [4.78, 5) is 26.5. The summed E-state index contributed by atoms with van der Waals surface area (Å²) >= 11 is 0. The highest BCUT2D eigenvalue weighted by molar-refractivity contribution is 5.55. The largest absolute Gasteiger partial charge is 0.496 e. The van der Waals surface area contributed by atoms with Gasteiger partial charge >= 0.3 is 5.69 Å². The topological polar surface area (TPSA) is 80.3 Å². The molecular formula is C18H20N4O3. The third-order valence-electron chi connectivity index (χ3n) is 4.81. The maximum Gasteiger partial charge on any atom is 0.332 e. The van der Waals surface area contributed by atoms with Gasteiger partial charge in [-0.15, -0.1) is 0 Å². The van der Waals surface area contributed by atoms with Crippen LogP contribution >= 0.6 is 0 Å². The number of benzene rings is 1. The lowest BCUT2D eigenvalue weighted by atomic mass is 9.97. The van der Waals surface area contributed by atoms with Crippen LogP contribution in [-0.4, -0.2) is 29.3 Å². The third-order valence-corrected chi connectivity index (χ3v) is 4.81. The van der Waals surface area contributed by atoms with E-state index in [1.807, 2.05) is 35.2 Å². The lowest BCUT2D eigenvalue weighted by molar-refractivity contribution is 0.406. The number of rotatable bonds is 3. The summed E-state index contributed by atoms with van der Waals surface area (Å²) in [5, 5.41) is 9.44. The summed E-state index contributed by atoms with van der Waals surface area (Å²) in [7, 11) is 4.62. The Labute approximate surface area is 145 Å². The van der Waals surface area contributed by atoms with E-state index in [1.54, 1.807) is 14.2 Å². The maximum absolute atomic E-state index is 12.3. The Balaban J connectivity index is 2.03. The zero-order chi connectivity index (χ0) is 18.1. The molecule has 2 heterocycles. The zero-order valence-electron chi connectivity index (χ0n) is 14.5. The van der Waals surface area contributed by atoms with Crippen molar-refractivity contribution in [2.24, 2.45) is 14.1 Å². The summed E-state index contributed by atoms with van der Waals surface area (Å²) in [6, 6.07) is 9.81. The van der Waals surface area contributed by atoms with Crippen molar-refractivity contribution in [2.45, 2.75) is 12.3 Å². The van der Waals surface area contributed by atoms with Crippen molar-refractivity contribution in [1.29, 1.82) is 5.26 Å². The van der Waals surface area contributed by atoms with E-state index in [0.717, 1.165) is 22.3 Å². The molecule has 0 amide bonds. The van der Waals surface area contributed by atoms with E-state index < -0.39 is 11.2 Å². The van der Waals surface area contributed by atoms with E-state index >= 15 is 0 Å². The Morgan fingerprint density at radius 1 is 1.20 bits per heavy atom. The van der Waals surface area contributed by atoms with Crippen LogP contribution in [-0.2, 0) is 14.1 Å². The highest BCUT2D eigenvalue weighted by Gasteiger charge is 2.30. The maximum atomic E-state index is 12.3. The highest BCUT2D eigenvalue weighted by Crippen LogP contribution is 2.35. The Morgan fingerprint density at radius 2 is 1.92 bits per heavy atom. The van der Waals surface area contributed by atoms with Gasteiger partial charge in [0.25, 0.3) is 5.56 Å². The number of aromatic nitrogens is 2. The molecule has 0 spiro atoms. The molecule has 0 N–H and O–H groups in total. The van der Waals surface area contributed by atoms with Gasteiger partial charge in [-0.3, -0.25) is 13.9 Å². The summed E-state index contributed by atoms with van der Waals surface area (Å²) in [6.45, 7) is 1.29. The molecule has 1 aromatic heterocycles. The first-order valence-electron chi connectivity index (χ1n) is 8.07. The van der Waals surface area contributed by atoms with Gasteiger partial charge in [0.2, 0.25) is 0 Å². The minimum Gasteiger partial charge on any atom is -0.496 e. The predicted octanol–water partition coefficient (Wildman–Crippen LogP) is 0.958. The SMILES string of the molecule is COc1ccccc1C1CCN(c2c(C#N)c(=O)n(C)c(=O)n2C)C1. The van der Waals surface area contributed by atoms with Crippen molar-refractivity contribution >= 4 is 5.82 Å². The number of methoxy groups -OCH3 is 1. The molecule has 1 aromatic carbocycles. The van der Waals surface area contributed by atoms with Crippen molar-refractivity contribution in [1.82, 2.24) is 9.13 Å². The molecule has 3 rings (SSSR count). The van der Waals surface area contributed by atoms with Gasteiger partial charge in [0.1, 0.15) is 17.6 Å². The first-order valence-corrected chi connectivity index (χ1v) is 8.07. The van der Waals surface area contributed by atoms with Crippen LogP contribution in [0.5, 0.6) is 5.75 Å². The minimum atomic E-state index is -0.554. The summed E-state index contributed by atoms with van der Waals surface area (Å²) in [5.41, 5.74) is 0.117. The molecule has 1 aliphatic rings. The van der Waals surface area contributed by atoms with Gasteiger partial charge < -0.3 is 9.64 Å². The third kappa shape index (κ3) is 2.70. The molecule has 1 aliphatic heterocycles. The first-order chi connectivity index (χ1) is 12.0. The number of anilines is 1. The molecule has 25 heavy (non-hydrogen) atoms. The molecular weight excluding hydrogens is 320 g/mol. The number of para-hydroxylation sites is 1. The normalized spacial score (nSPS) is 16.7. The predicted molar refractivity (Wildman–Crippen MR) is 94.2 cm³/mol. The molecule has 1 saturated heterocycles. The van der Waals surface area contributed by atoms with Crippen LogP contribution in [0.3, 0.4) is 0 Å². The van der Waals surface area contributed by atoms with E-state index in [1.165, 1.54) is 11.6 Å². The molecule has 130 valence electrons. The van der Waals surface area contributed by atoms with Crippen LogP contribution in [0.25, 0.3) is 0 Å². The van der Waals surface area contributed by atoms with Gasteiger partial charge in [0.15, 0.2) is 5.56 Å². The second kappa shape index (κ2) is 6.48. The Hall–Kier alpha value is -3.01. The van der Waals surface area contributed by atoms with Crippen molar-refractivity contribution in [2.75, 3.05) is 25.1 Å². The molecule has 2 aromatic rings. The zero-order valence-corrected chi connectivity index (χ0v) is 14.5. The van der Waals surface area contributed by atoms with Crippen molar-refractivity contribution in [3.05, 3.63) is 56.2 Å². The number of hydrogen-bond acceptors (Lipinski definition) is 5. The Kier molecular flexibility index (Phi) is 4.36. The van der Waals surface area contributed by atoms with Gasteiger partial charge in [-0.25, -0.2) is 4.79 Å². The van der Waals surface area contributed by atoms with Crippen LogP contribution < -0.4 is 20.9 Å². The van der Waals surface area contributed by atoms with Crippen LogP contribution in [0.4, 0.5) is 5.82 Å². The average Bonchev–Trinajstić information content (AvgIpc) is 3.12. The molecule has 7 heteroatoms. The standard InChI is InChI=1S/C18H20N4O3/c1-20-16(14(10-19)17(23)21(2)18(20)24)22-9-8-12(11-22)13-6-4-5-7-15(13)25-3/h4-7,12H,8-9,11H2,1-3H3. The van der Waals surface area contributed by atoms with E-state index in [9.17, 15) is 14.9 Å². The lowest BCUT2D eigenvalue weighted by Gasteiger charge is -2.23. The molecule has 0 saturated carbocycles. The molecule has 1 unspecified atom stereocenters. The Morgan fingerprint density at radius 3 is 2.60 bits per heavy atom. The van der Waals surface area contributed by atoms with Crippen LogP contribution in [0, 0.1) is 11.3 Å². The molecule has 1 fully saturated rings. The fourth-order valence-electron chi connectivity index (χ4n) is 3.51. The minimum absolute atomic E-state index is 0.00489. The van der Waals surface area contributed by atoms with E-state index in [-0.39, 0.29) is 11.5 Å². The van der Waals surface area contributed by atoms with Gasteiger partial charge in [0.05, 0.1) is 7.11 Å². The lowest BCUT2D eigenvalue weighted by Crippen LogP contribution is -2.42. The van der Waals surface area contributed by atoms with Gasteiger partial charge in [-0.05, 0) is 18.1 Å². The quantitative estimate of drug-likeness (QED) is 0.831. The van der Waals surface area contributed by atoms with Crippen molar-refractivity contribution < 1.29 is 4.74 Å². The van der Waals surface area contributed by atoms with Gasteiger partial charge in [-0.2, -0.15) is 5.26 Å². The summed E-state index contributed by atoms with van der Waals surface area (Å²) < 4.78 is 7.79. The molecule has 0 radical (unpaired) electrons. The number of hydrogen-bond donors (Lipinski definition) is 0. The monoisotopic (exact) mass is 340 g/mol. The number of nitriles is 1. The summed E-state index contributed by atoms with van der Waals surface area (Å²) in [6.07, 6.45) is 0.856. The molecule has 7 nitrogen and oxygen atoms in total. The van der Waals surface area contributed by atoms with Crippen molar-refractivity contribution in [3.8, 4) is 11.8 Å². The average molecular weight is 340 g/mol. The van der Waals surface area contributed by atoms with E-state index in [2.05, 4.69) is 0 Å². The second-order valence-corrected chi connectivity index (χ2v) is 6.19. The Bertz CT molecular complexity index is 968. The number of ether oxygens (including phenoxy) is 1. The molecule has 1 atom stereocenters. The molecule has 0 aliphatic carbocycles. The first kappa shape index (κ1) is 16.8. The molecule has 0 bridgehead atoms. The van der Waals surface area contributed by atoms with E-state index in [0.29, 0.717) is 18.9 Å². The van der Waals surface area contributed by atoms with Crippen LogP contribution in [0.1, 0.15) is 23.5 Å². The van der Waals surface area contributed by atoms with E-state index in [4.69, 9.17) is 4.74 Å². The second-order valence-electron chi connectivity index (χ2n) is 6.19. The summed E-state index contributed by atoms with van der Waals surface area (Å²) in [5.74, 6) is 1.43. The fourth-order valence-corrected chi connectivity index (χ4v) is 3.51. The van der Waals surface area contributed by atoms with Gasteiger partial charge in [0, 0.05) is 33.1 Å². The van der Waals surface area contributed by atoms with Gasteiger partial charge in [-0.1, -0.05) is 18.2 Å². The number of nitrogens with zero attached hydrogens (tertiary/aromatic N) is 4. The van der Waals surface area contributed by atoms with Crippen molar-refractivity contribution in [3.63, 3.8) is 0 Å². The smallest absolute Gasteiger partial charge is 0.332 e. The fraction of sp³-hybridized carbons (Fsp3) is 0.389.